The number of aryl methyl sites for hydroxylation is 1. The summed E-state index contributed by atoms with van der Waals surface area (Å²) in [4.78, 5) is 4.35. The maximum atomic E-state index is 12.5. The average Bonchev–Trinajstić information content (AvgIpc) is 2.66. The first-order valence-corrected chi connectivity index (χ1v) is 6.46. The van der Waals surface area contributed by atoms with Crippen molar-refractivity contribution in [2.75, 3.05) is 0 Å². The smallest absolute Gasteiger partial charge is 0.324 e. The van der Waals surface area contributed by atoms with Gasteiger partial charge in [0.15, 0.2) is 0 Å². The van der Waals surface area contributed by atoms with Crippen molar-refractivity contribution in [3.05, 3.63) is 29.6 Å². The summed E-state index contributed by atoms with van der Waals surface area (Å²) < 4.78 is 39.2. The minimum Gasteiger partial charge on any atom is -0.324 e. The quantitative estimate of drug-likeness (QED) is 0.756. The van der Waals surface area contributed by atoms with Gasteiger partial charge in [-0.15, -0.1) is 11.6 Å². The summed E-state index contributed by atoms with van der Waals surface area (Å²) in [6, 6.07) is 4.75. The van der Waals surface area contributed by atoms with E-state index in [9.17, 15) is 13.2 Å². The van der Waals surface area contributed by atoms with Gasteiger partial charge in [0.2, 0.25) is 0 Å². The lowest BCUT2D eigenvalue weighted by molar-refractivity contribution is -0.141. The number of imidazole rings is 1. The van der Waals surface area contributed by atoms with Crippen molar-refractivity contribution in [3.8, 4) is 0 Å². The highest BCUT2D eigenvalue weighted by molar-refractivity contribution is 6.16. The maximum absolute atomic E-state index is 12.5. The Bertz CT molecular complexity index is 589. The van der Waals surface area contributed by atoms with Crippen molar-refractivity contribution < 1.29 is 13.2 Å². The fourth-order valence-corrected chi connectivity index (χ4v) is 2.51. The zero-order valence-electron chi connectivity index (χ0n) is 10.6. The molecule has 0 aliphatic rings. The van der Waals surface area contributed by atoms with Gasteiger partial charge >= 0.3 is 6.18 Å². The molecule has 0 fully saturated rings. The molecule has 0 bridgehead atoms. The van der Waals surface area contributed by atoms with Gasteiger partial charge in [0.1, 0.15) is 5.82 Å². The summed E-state index contributed by atoms with van der Waals surface area (Å²) in [5.41, 5.74) is 2.35. The average molecular weight is 291 g/mol. The Labute approximate surface area is 114 Å². The van der Waals surface area contributed by atoms with E-state index in [1.165, 1.54) is 6.92 Å². The third-order valence-corrected chi connectivity index (χ3v) is 3.32. The summed E-state index contributed by atoms with van der Waals surface area (Å²) in [7, 11) is 0. The molecule has 1 unspecified atom stereocenters. The van der Waals surface area contributed by atoms with Crippen LogP contribution in [-0.2, 0) is 5.88 Å². The molecule has 0 N–H and O–H groups in total. The van der Waals surface area contributed by atoms with E-state index in [0.717, 1.165) is 5.56 Å². The number of hydrogen-bond acceptors (Lipinski definition) is 1. The van der Waals surface area contributed by atoms with Crippen LogP contribution in [0.4, 0.5) is 13.2 Å². The molecule has 1 heterocycles. The van der Waals surface area contributed by atoms with Crippen molar-refractivity contribution in [2.45, 2.75) is 38.4 Å². The van der Waals surface area contributed by atoms with E-state index >= 15 is 0 Å². The van der Waals surface area contributed by atoms with E-state index in [2.05, 4.69) is 4.98 Å². The summed E-state index contributed by atoms with van der Waals surface area (Å²) in [5, 5.41) is 0. The van der Waals surface area contributed by atoms with Crippen LogP contribution in [0.2, 0.25) is 0 Å². The first kappa shape index (κ1) is 14.2. The number of halogens is 4. The molecular formula is C13H14ClF3N2. The second-order valence-electron chi connectivity index (χ2n) is 4.64. The third-order valence-electron chi connectivity index (χ3n) is 3.08. The van der Waals surface area contributed by atoms with Crippen molar-refractivity contribution in [3.63, 3.8) is 0 Å². The van der Waals surface area contributed by atoms with Crippen LogP contribution in [0.15, 0.2) is 18.2 Å². The normalized spacial score (nSPS) is 14.0. The largest absolute Gasteiger partial charge is 0.391 e. The Morgan fingerprint density at radius 1 is 1.37 bits per heavy atom. The first-order chi connectivity index (χ1) is 8.83. The van der Waals surface area contributed by atoms with Gasteiger partial charge in [0.25, 0.3) is 0 Å². The molecule has 0 radical (unpaired) electrons. The second-order valence-corrected chi connectivity index (χ2v) is 4.91. The Morgan fingerprint density at radius 2 is 2.05 bits per heavy atom. The lowest BCUT2D eigenvalue weighted by Crippen LogP contribution is -2.17. The van der Waals surface area contributed by atoms with Gasteiger partial charge in [-0.2, -0.15) is 13.2 Å². The first-order valence-electron chi connectivity index (χ1n) is 5.92. The number of alkyl halides is 4. The molecule has 104 valence electrons. The van der Waals surface area contributed by atoms with Crippen molar-refractivity contribution in [1.29, 1.82) is 0 Å². The van der Waals surface area contributed by atoms with Gasteiger partial charge in [0.05, 0.1) is 23.3 Å². The number of nitrogens with zero attached hydrogens (tertiary/aromatic N) is 2. The van der Waals surface area contributed by atoms with Gasteiger partial charge in [-0.05, 0) is 25.5 Å². The summed E-state index contributed by atoms with van der Waals surface area (Å²) in [5.74, 6) is 0.568. The van der Waals surface area contributed by atoms with Crippen molar-refractivity contribution in [2.24, 2.45) is 0 Å². The molecule has 0 aliphatic carbocycles. The molecule has 6 heteroatoms. The molecule has 19 heavy (non-hydrogen) atoms. The van der Waals surface area contributed by atoms with Crippen LogP contribution in [0, 0.1) is 6.92 Å². The minimum atomic E-state index is -4.20. The highest BCUT2D eigenvalue weighted by Crippen LogP contribution is 2.32. The molecule has 0 amide bonds. The molecule has 1 aromatic carbocycles. The lowest BCUT2D eigenvalue weighted by atomic mass is 10.2. The number of para-hydroxylation sites is 1. The molecule has 0 aliphatic heterocycles. The van der Waals surface area contributed by atoms with E-state index in [1.807, 2.05) is 19.1 Å². The number of hydrogen-bond donors (Lipinski definition) is 0. The van der Waals surface area contributed by atoms with Crippen molar-refractivity contribution in [1.82, 2.24) is 9.55 Å². The Kier molecular flexibility index (Phi) is 3.76. The molecule has 1 atom stereocenters. The minimum absolute atomic E-state index is 0.0936. The van der Waals surface area contributed by atoms with E-state index < -0.39 is 18.6 Å². The zero-order chi connectivity index (χ0) is 14.2. The van der Waals surface area contributed by atoms with Gasteiger partial charge in [0, 0.05) is 6.04 Å². The highest BCUT2D eigenvalue weighted by Gasteiger charge is 2.32. The summed E-state index contributed by atoms with van der Waals surface area (Å²) in [6.45, 7) is 3.42. The van der Waals surface area contributed by atoms with Gasteiger partial charge in [-0.3, -0.25) is 0 Å². The molecule has 2 rings (SSSR count). The van der Waals surface area contributed by atoms with E-state index in [1.54, 1.807) is 10.6 Å². The fraction of sp³-hybridized carbons (Fsp3) is 0.462. The fourth-order valence-electron chi connectivity index (χ4n) is 2.32. The van der Waals surface area contributed by atoms with Crippen LogP contribution in [0.5, 0.6) is 0 Å². The molecule has 0 spiro atoms. The molecule has 1 aromatic heterocycles. The molecule has 2 aromatic rings. The van der Waals surface area contributed by atoms with Crippen LogP contribution in [0.3, 0.4) is 0 Å². The Morgan fingerprint density at radius 3 is 2.63 bits per heavy atom. The van der Waals surface area contributed by atoms with Gasteiger partial charge in [-0.25, -0.2) is 4.98 Å². The van der Waals surface area contributed by atoms with Gasteiger partial charge in [-0.1, -0.05) is 12.1 Å². The maximum Gasteiger partial charge on any atom is 0.391 e. The van der Waals surface area contributed by atoms with Crippen LogP contribution in [0.1, 0.15) is 30.8 Å². The third kappa shape index (κ3) is 2.86. The number of rotatable bonds is 3. The standard InChI is InChI=1S/C13H14ClF3N2/c1-8-4-3-5-10-12(8)18-11(7-14)19(10)9(2)6-13(15,16)17/h3-5,9H,6-7H2,1-2H3. The Balaban J connectivity index is 2.55. The molecule has 0 saturated heterocycles. The number of aromatic nitrogens is 2. The van der Waals surface area contributed by atoms with Crippen LogP contribution >= 0.6 is 11.6 Å². The lowest BCUT2D eigenvalue weighted by Gasteiger charge is -2.18. The Hall–Kier alpha value is -1.23. The van der Waals surface area contributed by atoms with E-state index in [4.69, 9.17) is 11.6 Å². The highest BCUT2D eigenvalue weighted by atomic mass is 35.5. The van der Waals surface area contributed by atoms with E-state index in [0.29, 0.717) is 16.9 Å². The van der Waals surface area contributed by atoms with Gasteiger partial charge < -0.3 is 4.57 Å². The summed E-state index contributed by atoms with van der Waals surface area (Å²) in [6.07, 6.45) is -5.10. The predicted molar refractivity (Wildman–Crippen MR) is 69.4 cm³/mol. The van der Waals surface area contributed by atoms with E-state index in [-0.39, 0.29) is 5.88 Å². The molecule has 0 saturated carbocycles. The second kappa shape index (κ2) is 5.04. The van der Waals surface area contributed by atoms with Crippen molar-refractivity contribution >= 4 is 22.6 Å². The molecular weight excluding hydrogens is 277 g/mol. The topological polar surface area (TPSA) is 17.8 Å². The number of benzene rings is 1. The monoisotopic (exact) mass is 290 g/mol. The predicted octanol–water partition coefficient (Wildman–Crippen LogP) is 4.60. The van der Waals surface area contributed by atoms with Crippen LogP contribution in [0.25, 0.3) is 11.0 Å². The number of fused-ring (bicyclic) bond motifs is 1. The zero-order valence-corrected chi connectivity index (χ0v) is 11.4. The summed E-state index contributed by atoms with van der Waals surface area (Å²) >= 11 is 5.81. The van der Waals surface area contributed by atoms with Crippen LogP contribution in [-0.4, -0.2) is 15.7 Å². The van der Waals surface area contributed by atoms with Crippen LogP contribution < -0.4 is 0 Å². The SMILES string of the molecule is Cc1cccc2c1nc(CCl)n2C(C)CC(F)(F)F. The molecule has 2 nitrogen and oxygen atoms in total.